The summed E-state index contributed by atoms with van der Waals surface area (Å²) < 4.78 is 43.9. The van der Waals surface area contributed by atoms with E-state index >= 15 is 0 Å². The molecule has 0 aromatic rings. The molecule has 210 valence electrons. The average Bonchev–Trinajstić information content (AvgIpc) is 3.62. The van der Waals surface area contributed by atoms with Crippen LogP contribution in [0.15, 0.2) is 12.2 Å². The topological polar surface area (TPSA) is 81.7 Å². The summed E-state index contributed by atoms with van der Waals surface area (Å²) in [4.78, 5) is 12.8. The fourth-order valence-corrected chi connectivity index (χ4v) is 6.74. The van der Waals surface area contributed by atoms with E-state index in [0.717, 1.165) is 64.4 Å². The van der Waals surface area contributed by atoms with E-state index in [1.807, 2.05) is 6.92 Å². The van der Waals surface area contributed by atoms with Gasteiger partial charge in [-0.15, -0.1) is 0 Å². The van der Waals surface area contributed by atoms with Gasteiger partial charge in [-0.25, -0.2) is 0 Å². The third kappa shape index (κ3) is 6.48. The zero-order chi connectivity index (χ0) is 26.0. The first-order valence-electron chi connectivity index (χ1n) is 14.5. The van der Waals surface area contributed by atoms with E-state index in [1.165, 1.54) is 5.57 Å². The first-order valence-corrected chi connectivity index (χ1v) is 14.5. The van der Waals surface area contributed by atoms with Crippen molar-refractivity contribution in [2.45, 2.75) is 139 Å². The van der Waals surface area contributed by atoms with E-state index in [2.05, 4.69) is 13.5 Å². The Balaban J connectivity index is 1.25. The van der Waals surface area contributed by atoms with Crippen LogP contribution in [0.25, 0.3) is 0 Å². The van der Waals surface area contributed by atoms with E-state index in [1.54, 1.807) is 7.11 Å². The molecule has 5 rings (SSSR count). The van der Waals surface area contributed by atoms with Gasteiger partial charge in [-0.3, -0.25) is 4.79 Å². The van der Waals surface area contributed by atoms with Crippen LogP contribution < -0.4 is 0 Å². The lowest BCUT2D eigenvalue weighted by Gasteiger charge is -2.47. The van der Waals surface area contributed by atoms with Gasteiger partial charge in [-0.2, -0.15) is 0 Å². The van der Waals surface area contributed by atoms with E-state index in [-0.39, 0.29) is 54.8 Å². The van der Waals surface area contributed by atoms with Gasteiger partial charge in [0.15, 0.2) is 12.1 Å². The van der Waals surface area contributed by atoms with Crippen molar-refractivity contribution in [2.24, 2.45) is 5.92 Å². The maximum atomic E-state index is 12.8. The molecule has 0 spiro atoms. The number of hydrogen-bond acceptors (Lipinski definition) is 8. The highest BCUT2D eigenvalue weighted by Crippen LogP contribution is 2.44. The van der Waals surface area contributed by atoms with Gasteiger partial charge in [0.2, 0.25) is 0 Å². The van der Waals surface area contributed by atoms with Gasteiger partial charge in [-0.05, 0) is 56.9 Å². The number of Topliss-reactive ketones (excluding diaryl/α,β-unsaturated/α-hetero) is 1. The molecule has 5 fully saturated rings. The Morgan fingerprint density at radius 2 is 1.97 bits per heavy atom. The van der Waals surface area contributed by atoms with E-state index in [9.17, 15) is 4.79 Å². The number of ketones is 1. The summed E-state index contributed by atoms with van der Waals surface area (Å²) >= 11 is 0. The van der Waals surface area contributed by atoms with Crippen molar-refractivity contribution in [3.8, 4) is 0 Å². The molecule has 0 aromatic carbocycles. The normalized spacial score (nSPS) is 42.8. The predicted molar refractivity (Wildman–Crippen MR) is 136 cm³/mol. The van der Waals surface area contributed by atoms with Crippen molar-refractivity contribution in [2.75, 3.05) is 20.3 Å². The molecule has 5 saturated heterocycles. The first kappa shape index (κ1) is 27.7. The summed E-state index contributed by atoms with van der Waals surface area (Å²) in [6.45, 7) is 9.81. The maximum Gasteiger partial charge on any atom is 0.172 e. The minimum atomic E-state index is -0.753. The van der Waals surface area contributed by atoms with E-state index in [0.29, 0.717) is 25.4 Å². The fraction of sp³-hybridized carbons (Fsp3) is 0.897. The van der Waals surface area contributed by atoms with Crippen LogP contribution in [0.1, 0.15) is 84.5 Å². The van der Waals surface area contributed by atoms with Gasteiger partial charge in [0.05, 0.1) is 30.5 Å². The zero-order valence-corrected chi connectivity index (χ0v) is 22.9. The Morgan fingerprint density at radius 3 is 2.70 bits per heavy atom. The molecule has 2 bridgehead atoms. The maximum absolute atomic E-state index is 12.8. The van der Waals surface area contributed by atoms with Crippen molar-refractivity contribution >= 4 is 5.78 Å². The molecule has 0 N–H and O–H groups in total. The van der Waals surface area contributed by atoms with Gasteiger partial charge >= 0.3 is 0 Å². The molecule has 0 aromatic heterocycles. The Kier molecular flexibility index (Phi) is 9.06. The van der Waals surface area contributed by atoms with Gasteiger partial charge in [0.1, 0.15) is 18.0 Å². The second kappa shape index (κ2) is 12.1. The monoisotopic (exact) mass is 522 g/mol. The highest BCUT2D eigenvalue weighted by Gasteiger charge is 2.53. The lowest BCUT2D eigenvalue weighted by Crippen LogP contribution is -2.57. The molecule has 37 heavy (non-hydrogen) atoms. The number of methoxy groups -OCH3 is 1. The van der Waals surface area contributed by atoms with Gasteiger partial charge < -0.3 is 33.2 Å². The molecule has 2 unspecified atom stereocenters. The van der Waals surface area contributed by atoms with Gasteiger partial charge in [0.25, 0.3) is 0 Å². The molecule has 5 aliphatic rings. The second-order valence-electron chi connectivity index (χ2n) is 11.7. The number of carbonyl (C=O) groups excluding carboxylic acids is 1. The molecule has 5 heterocycles. The summed E-state index contributed by atoms with van der Waals surface area (Å²) in [5.41, 5.74) is 1.18. The number of hydrogen-bond donors (Lipinski definition) is 0. The number of fused-ring (bicyclic) bond motifs is 3. The smallest absolute Gasteiger partial charge is 0.172 e. The number of ether oxygens (including phenoxy) is 7. The number of rotatable bonds is 10. The van der Waals surface area contributed by atoms with E-state index in [4.69, 9.17) is 33.2 Å². The van der Waals surface area contributed by atoms with Crippen molar-refractivity contribution in [1.29, 1.82) is 0 Å². The second-order valence-corrected chi connectivity index (χ2v) is 11.7. The SMILES string of the molecule is C=C1C[C@H](CC[C@@]23CC[C@@H](O[C@H]4CC[C@H](CC(=O)C[C@@H]5CCOC5)OC4[C@@H](C(C)OC)O2)O3)O[C@H]1CC. The molecule has 0 saturated carbocycles. The summed E-state index contributed by atoms with van der Waals surface area (Å²) in [7, 11) is 1.70. The van der Waals surface area contributed by atoms with Crippen molar-refractivity contribution in [1.82, 2.24) is 0 Å². The van der Waals surface area contributed by atoms with Crippen LogP contribution in [-0.2, 0) is 38.0 Å². The summed E-state index contributed by atoms with van der Waals surface area (Å²) in [5, 5.41) is 0. The zero-order valence-electron chi connectivity index (χ0n) is 22.9. The Hall–Kier alpha value is -0.870. The Morgan fingerprint density at radius 1 is 1.11 bits per heavy atom. The van der Waals surface area contributed by atoms with Crippen molar-refractivity contribution in [3.05, 3.63) is 12.2 Å². The summed E-state index contributed by atoms with van der Waals surface area (Å²) in [6.07, 6.45) is 7.36. The largest absolute Gasteiger partial charge is 0.381 e. The molecule has 5 aliphatic heterocycles. The van der Waals surface area contributed by atoms with Crippen LogP contribution in [0.2, 0.25) is 0 Å². The minimum absolute atomic E-state index is 0.132. The summed E-state index contributed by atoms with van der Waals surface area (Å²) in [5.74, 6) is -0.151. The lowest BCUT2D eigenvalue weighted by molar-refractivity contribution is -0.360. The fourth-order valence-electron chi connectivity index (χ4n) is 6.74. The molecule has 8 heteroatoms. The molecule has 0 amide bonds. The quantitative estimate of drug-likeness (QED) is 0.389. The van der Waals surface area contributed by atoms with Crippen LogP contribution >= 0.6 is 0 Å². The van der Waals surface area contributed by atoms with Gasteiger partial charge in [0, 0.05) is 52.4 Å². The number of carbonyl (C=O) groups is 1. The molecular formula is C29H46O8. The molecule has 0 radical (unpaired) electrons. The molecule has 8 nitrogen and oxygen atoms in total. The standard InChI is InChI=1S/C29H46O8/c1-5-24-18(2)14-23(33-24)8-11-29-12-9-26(36-29)35-25-7-6-22(16-21(30)15-20-10-13-32-17-20)34-28(25)27(37-29)19(3)31-4/h19-20,22-28H,2,5-17H2,1,3-4H3/t19?,20-,22+,23-,24-,25-,26-,27+,28?,29-/m0/s1. The van der Waals surface area contributed by atoms with Gasteiger partial charge in [-0.1, -0.05) is 13.5 Å². The first-order chi connectivity index (χ1) is 17.9. The molecule has 10 atom stereocenters. The van der Waals surface area contributed by atoms with Crippen molar-refractivity contribution in [3.63, 3.8) is 0 Å². The minimum Gasteiger partial charge on any atom is -0.381 e. The highest BCUT2D eigenvalue weighted by molar-refractivity contribution is 5.79. The predicted octanol–water partition coefficient (Wildman–Crippen LogP) is 4.48. The van der Waals surface area contributed by atoms with Crippen LogP contribution in [0, 0.1) is 5.92 Å². The molecule has 0 aliphatic carbocycles. The molecular weight excluding hydrogens is 476 g/mol. The average molecular weight is 523 g/mol. The highest BCUT2D eigenvalue weighted by atomic mass is 16.8. The summed E-state index contributed by atoms with van der Waals surface area (Å²) in [6, 6.07) is 0. The Bertz CT molecular complexity index is 797. The van der Waals surface area contributed by atoms with Crippen LogP contribution in [0.4, 0.5) is 0 Å². The van der Waals surface area contributed by atoms with E-state index < -0.39 is 5.79 Å². The van der Waals surface area contributed by atoms with Crippen LogP contribution in [0.3, 0.4) is 0 Å². The Labute approximate surface area is 221 Å². The lowest BCUT2D eigenvalue weighted by atomic mass is 9.91. The third-order valence-electron chi connectivity index (χ3n) is 8.95. The van der Waals surface area contributed by atoms with Crippen molar-refractivity contribution < 1.29 is 38.0 Å². The third-order valence-corrected chi connectivity index (χ3v) is 8.95. The van der Waals surface area contributed by atoms with Crippen LogP contribution in [-0.4, -0.2) is 80.9 Å². The van der Waals surface area contributed by atoms with Crippen LogP contribution in [0.5, 0.6) is 0 Å².